The molecule has 2 N–H and O–H groups in total. The van der Waals surface area contributed by atoms with Crippen molar-refractivity contribution in [3.05, 3.63) is 29.6 Å². The van der Waals surface area contributed by atoms with Crippen molar-refractivity contribution in [2.75, 3.05) is 18.8 Å². The van der Waals surface area contributed by atoms with Crippen molar-refractivity contribution in [1.82, 2.24) is 4.90 Å². The highest BCUT2D eigenvalue weighted by atomic mass is 19.1. The van der Waals surface area contributed by atoms with Crippen LogP contribution in [0.3, 0.4) is 0 Å². The first-order valence-corrected chi connectivity index (χ1v) is 7.70. The second kappa shape index (κ2) is 4.86. The molecule has 3 rings (SSSR count). The first kappa shape index (κ1) is 15.1. The smallest absolute Gasteiger partial charge is 0.410 e. The number of nitrogens with zero attached hydrogens (tertiary/aromatic N) is 1. The van der Waals surface area contributed by atoms with Crippen LogP contribution in [-0.4, -0.2) is 29.7 Å². The van der Waals surface area contributed by atoms with Crippen LogP contribution in [-0.2, 0) is 4.74 Å². The van der Waals surface area contributed by atoms with E-state index in [-0.39, 0.29) is 23.2 Å². The minimum Gasteiger partial charge on any atom is -0.444 e. The predicted molar refractivity (Wildman–Crippen MR) is 83.0 cm³/mol. The van der Waals surface area contributed by atoms with Crippen molar-refractivity contribution >= 4 is 11.8 Å². The summed E-state index contributed by atoms with van der Waals surface area (Å²) >= 11 is 0. The van der Waals surface area contributed by atoms with Gasteiger partial charge in [-0.2, -0.15) is 0 Å². The maximum Gasteiger partial charge on any atom is 0.410 e. The van der Waals surface area contributed by atoms with Crippen LogP contribution in [0, 0.1) is 11.2 Å². The molecule has 1 aromatic rings. The van der Waals surface area contributed by atoms with E-state index in [9.17, 15) is 9.18 Å². The maximum absolute atomic E-state index is 13.9. The van der Waals surface area contributed by atoms with E-state index < -0.39 is 5.60 Å². The SMILES string of the molecule is CC(C)(C)OC(=O)N1CC2(CC(c3ccc(N)cc3F)C2)C1. The fourth-order valence-corrected chi connectivity index (χ4v) is 3.56. The van der Waals surface area contributed by atoms with E-state index in [1.165, 1.54) is 6.07 Å². The zero-order valence-electron chi connectivity index (χ0n) is 13.4. The molecule has 1 aliphatic heterocycles. The largest absolute Gasteiger partial charge is 0.444 e. The van der Waals surface area contributed by atoms with Gasteiger partial charge in [-0.05, 0) is 57.2 Å². The number of hydrogen-bond donors (Lipinski definition) is 1. The Bertz CT molecular complexity index is 595. The molecule has 120 valence electrons. The van der Waals surface area contributed by atoms with Gasteiger partial charge in [0.2, 0.25) is 0 Å². The van der Waals surface area contributed by atoms with E-state index in [2.05, 4.69) is 0 Å². The Labute approximate surface area is 130 Å². The number of nitrogens with two attached hydrogens (primary N) is 1. The number of rotatable bonds is 1. The number of ether oxygens (including phenoxy) is 1. The molecule has 0 aromatic heterocycles. The van der Waals surface area contributed by atoms with Crippen molar-refractivity contribution in [3.63, 3.8) is 0 Å². The molecule has 1 amide bonds. The van der Waals surface area contributed by atoms with Gasteiger partial charge in [-0.1, -0.05) is 6.07 Å². The average Bonchev–Trinajstić information content (AvgIpc) is 2.25. The summed E-state index contributed by atoms with van der Waals surface area (Å²) in [4.78, 5) is 13.7. The average molecular weight is 306 g/mol. The van der Waals surface area contributed by atoms with Gasteiger partial charge >= 0.3 is 6.09 Å². The van der Waals surface area contributed by atoms with Crippen molar-refractivity contribution in [3.8, 4) is 0 Å². The number of halogens is 1. The van der Waals surface area contributed by atoms with E-state index in [4.69, 9.17) is 10.5 Å². The molecular formula is C17H23FN2O2. The third-order valence-corrected chi connectivity index (χ3v) is 4.53. The fraction of sp³-hybridized carbons (Fsp3) is 0.588. The highest BCUT2D eigenvalue weighted by Gasteiger charge is 2.54. The van der Waals surface area contributed by atoms with E-state index in [0.29, 0.717) is 5.69 Å². The zero-order chi connectivity index (χ0) is 16.1. The van der Waals surface area contributed by atoms with E-state index in [1.807, 2.05) is 20.8 Å². The number of benzene rings is 1. The number of hydrogen-bond acceptors (Lipinski definition) is 3. The molecule has 1 spiro atoms. The maximum atomic E-state index is 13.9. The van der Waals surface area contributed by atoms with Crippen LogP contribution in [0.1, 0.15) is 45.1 Å². The Morgan fingerprint density at radius 2 is 2.00 bits per heavy atom. The van der Waals surface area contributed by atoms with E-state index in [0.717, 1.165) is 31.5 Å². The Morgan fingerprint density at radius 1 is 1.36 bits per heavy atom. The Balaban J connectivity index is 1.54. The molecule has 2 fully saturated rings. The Kier molecular flexibility index (Phi) is 3.34. The molecule has 0 atom stereocenters. The summed E-state index contributed by atoms with van der Waals surface area (Å²) in [6.45, 7) is 7.03. The molecule has 0 bridgehead atoms. The van der Waals surface area contributed by atoms with Crippen LogP contribution in [0.5, 0.6) is 0 Å². The molecule has 0 radical (unpaired) electrons. The highest BCUT2D eigenvalue weighted by Crippen LogP contribution is 2.56. The molecule has 1 aromatic carbocycles. The molecule has 5 heteroatoms. The van der Waals surface area contributed by atoms with Gasteiger partial charge in [0.15, 0.2) is 0 Å². The van der Waals surface area contributed by atoms with Gasteiger partial charge < -0.3 is 15.4 Å². The summed E-state index contributed by atoms with van der Waals surface area (Å²) in [6.07, 6.45) is 1.60. The standard InChI is InChI=1S/C17H23FN2O2/c1-16(2,3)22-15(21)20-9-17(10-20)7-11(8-17)13-5-4-12(19)6-14(13)18/h4-6,11H,7-10,19H2,1-3H3. The summed E-state index contributed by atoms with van der Waals surface area (Å²) in [5, 5.41) is 0. The zero-order valence-corrected chi connectivity index (χ0v) is 13.4. The molecular weight excluding hydrogens is 283 g/mol. The third kappa shape index (κ3) is 2.76. The molecule has 2 aliphatic rings. The number of carbonyl (C=O) groups is 1. The number of nitrogen functional groups attached to an aromatic ring is 1. The summed E-state index contributed by atoms with van der Waals surface area (Å²) in [6, 6.07) is 4.91. The first-order chi connectivity index (χ1) is 10.2. The lowest BCUT2D eigenvalue weighted by Crippen LogP contribution is -2.63. The summed E-state index contributed by atoms with van der Waals surface area (Å²) in [5.41, 5.74) is 6.48. The molecule has 22 heavy (non-hydrogen) atoms. The molecule has 1 saturated heterocycles. The third-order valence-electron chi connectivity index (χ3n) is 4.53. The first-order valence-electron chi connectivity index (χ1n) is 7.70. The number of carbonyl (C=O) groups excluding carboxylic acids is 1. The molecule has 1 heterocycles. The van der Waals surface area contributed by atoms with Crippen LogP contribution in [0.15, 0.2) is 18.2 Å². The normalized spacial score (nSPS) is 20.5. The summed E-state index contributed by atoms with van der Waals surface area (Å²) in [7, 11) is 0. The van der Waals surface area contributed by atoms with Gasteiger partial charge in [0, 0.05) is 24.2 Å². The van der Waals surface area contributed by atoms with Gasteiger partial charge in [-0.25, -0.2) is 9.18 Å². The van der Waals surface area contributed by atoms with Crippen LogP contribution in [0.2, 0.25) is 0 Å². The minimum absolute atomic E-state index is 0.162. The lowest BCUT2D eigenvalue weighted by atomic mass is 9.56. The summed E-state index contributed by atoms with van der Waals surface area (Å²) < 4.78 is 19.3. The molecule has 1 saturated carbocycles. The van der Waals surface area contributed by atoms with Crippen LogP contribution < -0.4 is 5.73 Å². The quantitative estimate of drug-likeness (QED) is 0.808. The van der Waals surface area contributed by atoms with Crippen molar-refractivity contribution in [2.24, 2.45) is 5.41 Å². The highest BCUT2D eigenvalue weighted by molar-refractivity contribution is 5.69. The Morgan fingerprint density at radius 3 is 2.55 bits per heavy atom. The van der Waals surface area contributed by atoms with Crippen LogP contribution in [0.25, 0.3) is 0 Å². The van der Waals surface area contributed by atoms with Gasteiger partial charge in [0.25, 0.3) is 0 Å². The predicted octanol–water partition coefficient (Wildman–Crippen LogP) is 3.52. The van der Waals surface area contributed by atoms with Crippen molar-refractivity contribution < 1.29 is 13.9 Å². The van der Waals surface area contributed by atoms with Crippen molar-refractivity contribution in [2.45, 2.75) is 45.1 Å². The number of amides is 1. The second-order valence-corrected chi connectivity index (χ2v) is 7.72. The van der Waals surface area contributed by atoms with Gasteiger partial charge in [0.05, 0.1) is 0 Å². The lowest BCUT2D eigenvalue weighted by molar-refractivity contribution is -0.0790. The van der Waals surface area contributed by atoms with E-state index >= 15 is 0 Å². The second-order valence-electron chi connectivity index (χ2n) is 7.72. The van der Waals surface area contributed by atoms with Crippen molar-refractivity contribution in [1.29, 1.82) is 0 Å². The van der Waals surface area contributed by atoms with Gasteiger partial charge in [-0.15, -0.1) is 0 Å². The molecule has 1 aliphatic carbocycles. The number of anilines is 1. The van der Waals surface area contributed by atoms with Crippen LogP contribution >= 0.6 is 0 Å². The van der Waals surface area contributed by atoms with Gasteiger partial charge in [-0.3, -0.25) is 0 Å². The topological polar surface area (TPSA) is 55.6 Å². The van der Waals surface area contributed by atoms with Gasteiger partial charge in [0.1, 0.15) is 11.4 Å². The Hall–Kier alpha value is -1.78. The molecule has 0 unspecified atom stereocenters. The minimum atomic E-state index is -0.463. The monoisotopic (exact) mass is 306 g/mol. The fourth-order valence-electron chi connectivity index (χ4n) is 3.56. The van der Waals surface area contributed by atoms with E-state index in [1.54, 1.807) is 17.0 Å². The molecule has 4 nitrogen and oxygen atoms in total. The lowest BCUT2D eigenvalue weighted by Gasteiger charge is -2.58. The number of likely N-dealkylation sites (tertiary alicyclic amines) is 1. The summed E-state index contributed by atoms with van der Waals surface area (Å²) in [5.74, 6) is 0.0181. The van der Waals surface area contributed by atoms with Crippen LogP contribution in [0.4, 0.5) is 14.9 Å².